The van der Waals surface area contributed by atoms with E-state index in [1.165, 1.54) is 11.1 Å². The second-order valence-corrected chi connectivity index (χ2v) is 4.93. The molecule has 0 aliphatic heterocycles. The average Bonchev–Trinajstić information content (AvgIpc) is 2.48. The lowest BCUT2D eigenvalue weighted by atomic mass is 9.93. The molecule has 1 heterocycles. The number of aromatic nitrogens is 1. The van der Waals surface area contributed by atoms with Gasteiger partial charge in [-0.05, 0) is 54.3 Å². The summed E-state index contributed by atoms with van der Waals surface area (Å²) in [6, 6.07) is 7.45. The van der Waals surface area contributed by atoms with Crippen molar-refractivity contribution < 1.29 is 4.39 Å². The third kappa shape index (κ3) is 3.05. The maximum Gasteiger partial charge on any atom is 0.126 e. The second-order valence-electron chi connectivity index (χ2n) is 4.93. The maximum atomic E-state index is 13.5. The zero-order valence-corrected chi connectivity index (χ0v) is 12.3. The van der Waals surface area contributed by atoms with Crippen LogP contribution in [0.2, 0.25) is 0 Å². The van der Waals surface area contributed by atoms with Gasteiger partial charge in [0.2, 0.25) is 0 Å². The van der Waals surface area contributed by atoms with Crippen molar-refractivity contribution in [1.29, 1.82) is 0 Å². The lowest BCUT2D eigenvalue weighted by Gasteiger charge is -2.22. The number of rotatable bonds is 5. The zero-order chi connectivity index (χ0) is 14.5. The molecule has 0 radical (unpaired) electrons. The topological polar surface area (TPSA) is 24.9 Å². The van der Waals surface area contributed by atoms with Crippen LogP contribution in [0.4, 0.5) is 4.39 Å². The van der Waals surface area contributed by atoms with Gasteiger partial charge >= 0.3 is 0 Å². The van der Waals surface area contributed by atoms with E-state index >= 15 is 0 Å². The third-order valence-corrected chi connectivity index (χ3v) is 3.56. The molecule has 0 saturated carbocycles. The van der Waals surface area contributed by atoms with Gasteiger partial charge in [-0.1, -0.05) is 26.0 Å². The molecular weight excluding hydrogens is 251 g/mol. The summed E-state index contributed by atoms with van der Waals surface area (Å²) >= 11 is 0. The van der Waals surface area contributed by atoms with Crippen molar-refractivity contribution in [2.75, 3.05) is 6.54 Å². The third-order valence-electron chi connectivity index (χ3n) is 3.56. The first kappa shape index (κ1) is 14.7. The molecule has 0 aliphatic rings. The van der Waals surface area contributed by atoms with Crippen LogP contribution in [-0.4, -0.2) is 11.5 Å². The van der Waals surface area contributed by atoms with Crippen molar-refractivity contribution in [3.05, 3.63) is 64.7 Å². The molecule has 0 saturated heterocycles. The van der Waals surface area contributed by atoms with Gasteiger partial charge < -0.3 is 5.32 Å². The van der Waals surface area contributed by atoms with Gasteiger partial charge in [0, 0.05) is 12.4 Å². The first-order valence-electron chi connectivity index (χ1n) is 7.09. The molecule has 1 N–H and O–H groups in total. The van der Waals surface area contributed by atoms with Gasteiger partial charge in [-0.15, -0.1) is 0 Å². The van der Waals surface area contributed by atoms with Gasteiger partial charge in [0.25, 0.3) is 0 Å². The smallest absolute Gasteiger partial charge is 0.126 e. The number of pyridine rings is 1. The van der Waals surface area contributed by atoms with E-state index in [4.69, 9.17) is 0 Å². The summed E-state index contributed by atoms with van der Waals surface area (Å²) < 4.78 is 13.5. The summed E-state index contributed by atoms with van der Waals surface area (Å²) in [5.74, 6) is -0.158. The Labute approximate surface area is 120 Å². The Morgan fingerprint density at radius 2 is 2.05 bits per heavy atom. The van der Waals surface area contributed by atoms with Crippen molar-refractivity contribution in [3.8, 4) is 0 Å². The molecule has 20 heavy (non-hydrogen) atoms. The van der Waals surface area contributed by atoms with Crippen LogP contribution in [-0.2, 0) is 6.42 Å². The molecule has 1 aromatic heterocycles. The van der Waals surface area contributed by atoms with Crippen LogP contribution in [0.5, 0.6) is 0 Å². The summed E-state index contributed by atoms with van der Waals surface area (Å²) in [6.07, 6.45) is 4.66. The first-order chi connectivity index (χ1) is 9.67. The normalized spacial score (nSPS) is 12.4. The van der Waals surface area contributed by atoms with Crippen LogP contribution in [0, 0.1) is 12.7 Å². The Bertz CT molecular complexity index is 581. The molecule has 2 nitrogen and oxygen atoms in total. The molecule has 0 bridgehead atoms. The van der Waals surface area contributed by atoms with Crippen molar-refractivity contribution in [3.63, 3.8) is 0 Å². The Kier molecular flexibility index (Phi) is 4.85. The minimum atomic E-state index is -0.158. The van der Waals surface area contributed by atoms with Gasteiger partial charge in [0.05, 0.1) is 6.04 Å². The predicted octanol–water partition coefficient (Wildman–Crippen LogP) is 3.79. The van der Waals surface area contributed by atoms with Crippen LogP contribution in [0.25, 0.3) is 0 Å². The maximum absolute atomic E-state index is 13.5. The molecule has 0 fully saturated rings. The van der Waals surface area contributed by atoms with Crippen LogP contribution in [0.1, 0.15) is 42.1 Å². The number of aryl methyl sites for hydroxylation is 2. The highest BCUT2D eigenvalue weighted by Gasteiger charge is 2.16. The van der Waals surface area contributed by atoms with Gasteiger partial charge in [-0.3, -0.25) is 4.98 Å². The fraction of sp³-hybridized carbons (Fsp3) is 0.353. The molecule has 1 unspecified atom stereocenters. The van der Waals surface area contributed by atoms with Crippen LogP contribution < -0.4 is 5.32 Å². The summed E-state index contributed by atoms with van der Waals surface area (Å²) in [5.41, 5.74) is 4.21. The van der Waals surface area contributed by atoms with Crippen molar-refractivity contribution in [2.45, 2.75) is 33.2 Å². The molecule has 2 aromatic rings. The van der Waals surface area contributed by atoms with E-state index in [0.717, 1.165) is 18.5 Å². The van der Waals surface area contributed by atoms with Crippen LogP contribution in [0.3, 0.4) is 0 Å². The fourth-order valence-electron chi connectivity index (χ4n) is 2.47. The van der Waals surface area contributed by atoms with Crippen molar-refractivity contribution in [2.24, 2.45) is 0 Å². The minimum absolute atomic E-state index is 0.0808. The predicted molar refractivity (Wildman–Crippen MR) is 80.3 cm³/mol. The van der Waals surface area contributed by atoms with E-state index in [2.05, 4.69) is 24.1 Å². The molecule has 1 aromatic carbocycles. The minimum Gasteiger partial charge on any atom is -0.307 e. The van der Waals surface area contributed by atoms with Gasteiger partial charge in [-0.25, -0.2) is 4.39 Å². The van der Waals surface area contributed by atoms with E-state index in [1.54, 1.807) is 13.0 Å². The molecule has 2 rings (SSSR count). The zero-order valence-electron chi connectivity index (χ0n) is 12.3. The van der Waals surface area contributed by atoms with Crippen LogP contribution >= 0.6 is 0 Å². The number of nitrogens with one attached hydrogen (secondary N) is 1. The molecule has 0 aliphatic carbocycles. The van der Waals surface area contributed by atoms with E-state index in [-0.39, 0.29) is 11.9 Å². The number of nitrogens with zero attached hydrogens (tertiary/aromatic N) is 1. The Balaban J connectivity index is 2.47. The number of benzene rings is 1. The van der Waals surface area contributed by atoms with Gasteiger partial charge in [0.15, 0.2) is 0 Å². The van der Waals surface area contributed by atoms with Crippen molar-refractivity contribution >= 4 is 0 Å². The summed E-state index contributed by atoms with van der Waals surface area (Å²) in [7, 11) is 0. The highest BCUT2D eigenvalue weighted by atomic mass is 19.1. The van der Waals surface area contributed by atoms with Gasteiger partial charge in [-0.2, -0.15) is 0 Å². The Morgan fingerprint density at radius 1 is 1.25 bits per heavy atom. The molecule has 0 spiro atoms. The highest BCUT2D eigenvalue weighted by molar-refractivity contribution is 5.37. The molecule has 1 atom stereocenters. The summed E-state index contributed by atoms with van der Waals surface area (Å²) in [5, 5.41) is 3.49. The molecule has 3 heteroatoms. The lowest BCUT2D eigenvalue weighted by molar-refractivity contribution is 0.604. The van der Waals surface area contributed by atoms with E-state index in [1.807, 2.05) is 30.6 Å². The Morgan fingerprint density at radius 3 is 2.70 bits per heavy atom. The monoisotopic (exact) mass is 272 g/mol. The highest BCUT2D eigenvalue weighted by Crippen LogP contribution is 2.26. The summed E-state index contributed by atoms with van der Waals surface area (Å²) in [4.78, 5) is 4.20. The van der Waals surface area contributed by atoms with E-state index in [0.29, 0.717) is 5.56 Å². The largest absolute Gasteiger partial charge is 0.307 e. The number of halogens is 1. The lowest BCUT2D eigenvalue weighted by Crippen LogP contribution is -2.23. The first-order valence-corrected chi connectivity index (χ1v) is 7.09. The standard InChI is InChI=1S/C17H21FN2/c1-4-13-11-19-9-8-15(13)17(20-5-2)14-6-7-16(18)12(3)10-14/h6-11,17,20H,4-5H2,1-3H3. The summed E-state index contributed by atoms with van der Waals surface area (Å²) in [6.45, 7) is 6.86. The fourth-order valence-corrected chi connectivity index (χ4v) is 2.47. The van der Waals surface area contributed by atoms with Crippen molar-refractivity contribution in [1.82, 2.24) is 10.3 Å². The number of hydrogen-bond donors (Lipinski definition) is 1. The van der Waals surface area contributed by atoms with Gasteiger partial charge in [0.1, 0.15) is 5.82 Å². The van der Waals surface area contributed by atoms with E-state index in [9.17, 15) is 4.39 Å². The molecule has 106 valence electrons. The number of hydrogen-bond acceptors (Lipinski definition) is 2. The quantitative estimate of drug-likeness (QED) is 0.895. The second kappa shape index (κ2) is 6.62. The Hall–Kier alpha value is -1.74. The molecule has 0 amide bonds. The average molecular weight is 272 g/mol. The van der Waals surface area contributed by atoms with Crippen LogP contribution in [0.15, 0.2) is 36.7 Å². The SMILES string of the molecule is CCNC(c1ccc(F)c(C)c1)c1ccncc1CC. The van der Waals surface area contributed by atoms with E-state index < -0.39 is 0 Å². The molecular formula is C17H21FN2.